The third kappa shape index (κ3) is 8.51. The van der Waals surface area contributed by atoms with Gasteiger partial charge in [0.1, 0.15) is 12.7 Å². The van der Waals surface area contributed by atoms with Gasteiger partial charge in [-0.05, 0) is 62.7 Å². The number of rotatable bonds is 12. The van der Waals surface area contributed by atoms with Crippen LogP contribution in [0, 0.1) is 0 Å². The van der Waals surface area contributed by atoms with E-state index in [0.29, 0.717) is 18.0 Å². The van der Waals surface area contributed by atoms with Gasteiger partial charge in [0.25, 0.3) is 0 Å². The Labute approximate surface area is 186 Å². The van der Waals surface area contributed by atoms with Crippen LogP contribution in [0.25, 0.3) is 0 Å². The Morgan fingerprint density at radius 1 is 1.13 bits per heavy atom. The number of methoxy groups -OCH3 is 1. The molecule has 0 saturated carbocycles. The fraction of sp³-hybridized carbons (Fsp3) is 0.625. The first-order valence-corrected chi connectivity index (χ1v) is 11.6. The smallest absolute Gasteiger partial charge is 0.161 e. The fourth-order valence-electron chi connectivity index (χ4n) is 4.01. The molecule has 1 atom stereocenters. The van der Waals surface area contributed by atoms with Crippen LogP contribution in [-0.2, 0) is 13.1 Å². The van der Waals surface area contributed by atoms with Crippen LogP contribution >= 0.6 is 0 Å². The minimum Gasteiger partial charge on any atom is -0.493 e. The van der Waals surface area contributed by atoms with Gasteiger partial charge >= 0.3 is 0 Å². The molecular formula is C24H38N4O3. The van der Waals surface area contributed by atoms with Crippen molar-refractivity contribution < 1.29 is 14.6 Å². The quantitative estimate of drug-likeness (QED) is 0.504. The zero-order valence-corrected chi connectivity index (χ0v) is 18.8. The molecule has 0 amide bonds. The van der Waals surface area contributed by atoms with Gasteiger partial charge in [-0.1, -0.05) is 25.3 Å². The minimum atomic E-state index is -0.506. The van der Waals surface area contributed by atoms with Gasteiger partial charge in [-0.3, -0.25) is 4.68 Å². The third-order valence-electron chi connectivity index (χ3n) is 5.71. The maximum absolute atomic E-state index is 10.5. The zero-order chi connectivity index (χ0) is 21.7. The summed E-state index contributed by atoms with van der Waals surface area (Å²) in [7, 11) is 1.64. The highest BCUT2D eigenvalue weighted by molar-refractivity contribution is 5.43. The molecule has 1 saturated heterocycles. The second kappa shape index (κ2) is 13.3. The number of nitrogens with one attached hydrogen (secondary N) is 1. The molecule has 2 heterocycles. The Morgan fingerprint density at radius 3 is 2.68 bits per heavy atom. The lowest BCUT2D eigenvalue weighted by Gasteiger charge is -2.26. The molecule has 172 valence electrons. The second-order valence-corrected chi connectivity index (χ2v) is 8.32. The number of nitrogens with zero attached hydrogens (tertiary/aromatic N) is 3. The van der Waals surface area contributed by atoms with Gasteiger partial charge in [0.05, 0.1) is 7.11 Å². The van der Waals surface area contributed by atoms with Gasteiger partial charge in [-0.25, -0.2) is 0 Å². The highest BCUT2D eigenvalue weighted by Crippen LogP contribution is 2.28. The van der Waals surface area contributed by atoms with Crippen molar-refractivity contribution >= 4 is 0 Å². The number of benzene rings is 1. The molecule has 0 unspecified atom stereocenters. The van der Waals surface area contributed by atoms with Crippen molar-refractivity contribution in [1.29, 1.82) is 0 Å². The van der Waals surface area contributed by atoms with E-state index in [9.17, 15) is 5.11 Å². The Morgan fingerprint density at radius 2 is 1.94 bits per heavy atom. The summed E-state index contributed by atoms with van der Waals surface area (Å²) in [5, 5.41) is 18.2. The van der Waals surface area contributed by atoms with Crippen LogP contribution in [-0.4, -0.2) is 65.8 Å². The van der Waals surface area contributed by atoms with Gasteiger partial charge in [0.2, 0.25) is 0 Å². The summed E-state index contributed by atoms with van der Waals surface area (Å²) in [6.45, 7) is 5.66. The van der Waals surface area contributed by atoms with Crippen molar-refractivity contribution in [2.24, 2.45) is 0 Å². The molecule has 7 heteroatoms. The number of ether oxygens (including phenoxy) is 2. The largest absolute Gasteiger partial charge is 0.493 e. The van der Waals surface area contributed by atoms with E-state index in [1.165, 1.54) is 32.1 Å². The molecule has 2 aromatic rings. The number of aliphatic hydroxyl groups excluding tert-OH is 1. The fourth-order valence-corrected chi connectivity index (χ4v) is 4.01. The highest BCUT2D eigenvalue weighted by Gasteiger charge is 2.15. The number of hydrogen-bond donors (Lipinski definition) is 2. The minimum absolute atomic E-state index is 0.271. The zero-order valence-electron chi connectivity index (χ0n) is 18.8. The molecule has 3 rings (SSSR count). The van der Waals surface area contributed by atoms with Crippen molar-refractivity contribution in [1.82, 2.24) is 20.0 Å². The van der Waals surface area contributed by atoms with Crippen molar-refractivity contribution in [3.8, 4) is 11.5 Å². The Hall–Kier alpha value is -2.09. The Kier molecular flexibility index (Phi) is 10.2. The van der Waals surface area contributed by atoms with E-state index < -0.39 is 6.10 Å². The lowest BCUT2D eigenvalue weighted by atomic mass is 10.1. The summed E-state index contributed by atoms with van der Waals surface area (Å²) in [5.74, 6) is 1.38. The van der Waals surface area contributed by atoms with Gasteiger partial charge in [0, 0.05) is 32.0 Å². The molecule has 0 radical (unpaired) electrons. The van der Waals surface area contributed by atoms with Gasteiger partial charge in [0.15, 0.2) is 11.5 Å². The number of β-amino-alcohol motifs (C(OH)–C–C–N with tert-alkyl or cyclic N) is 1. The average molecular weight is 431 g/mol. The van der Waals surface area contributed by atoms with Crippen molar-refractivity contribution in [2.75, 3.05) is 39.9 Å². The maximum atomic E-state index is 10.5. The molecule has 1 aromatic heterocycles. The van der Waals surface area contributed by atoms with E-state index in [1.807, 2.05) is 35.1 Å². The first kappa shape index (κ1) is 23.6. The number of aliphatic hydroxyl groups is 1. The lowest BCUT2D eigenvalue weighted by Crippen LogP contribution is -2.37. The highest BCUT2D eigenvalue weighted by atomic mass is 16.5. The second-order valence-electron chi connectivity index (χ2n) is 8.32. The lowest BCUT2D eigenvalue weighted by molar-refractivity contribution is 0.0644. The van der Waals surface area contributed by atoms with E-state index in [0.717, 1.165) is 44.7 Å². The van der Waals surface area contributed by atoms with Crippen LogP contribution in [0.1, 0.15) is 44.1 Å². The predicted molar refractivity (Wildman–Crippen MR) is 123 cm³/mol. The number of likely N-dealkylation sites (tertiary alicyclic amines) is 1. The molecule has 31 heavy (non-hydrogen) atoms. The van der Waals surface area contributed by atoms with E-state index in [4.69, 9.17) is 9.47 Å². The molecular weight excluding hydrogens is 392 g/mol. The molecule has 0 bridgehead atoms. The number of hydrogen-bond acceptors (Lipinski definition) is 6. The molecule has 1 aromatic carbocycles. The SMILES string of the molecule is COc1ccc(CNCCCn2cccn2)cc1OC[C@@H](O)CN1CCCCCCC1. The van der Waals surface area contributed by atoms with Crippen molar-refractivity contribution in [3.05, 3.63) is 42.2 Å². The van der Waals surface area contributed by atoms with Crippen LogP contribution in [0.3, 0.4) is 0 Å². The van der Waals surface area contributed by atoms with E-state index >= 15 is 0 Å². The topological polar surface area (TPSA) is 71.8 Å². The van der Waals surface area contributed by atoms with Gasteiger partial charge in [-0.2, -0.15) is 5.10 Å². The van der Waals surface area contributed by atoms with Gasteiger partial charge in [-0.15, -0.1) is 0 Å². The molecule has 1 fully saturated rings. The van der Waals surface area contributed by atoms with Crippen molar-refractivity contribution in [3.63, 3.8) is 0 Å². The normalized spacial score (nSPS) is 16.5. The molecule has 0 spiro atoms. The number of aryl methyl sites for hydroxylation is 1. The molecule has 7 nitrogen and oxygen atoms in total. The standard InChI is InChI=1S/C24H38N4O3/c1-30-23-10-9-21(18-25-11-7-15-28-16-8-12-26-28)17-24(23)31-20-22(29)19-27-13-5-3-2-4-6-14-27/h8-10,12,16-17,22,25,29H,2-7,11,13-15,18-20H2,1H3/t22-/m0/s1. The first-order chi connectivity index (χ1) is 15.2. The molecule has 0 aliphatic carbocycles. The van der Waals surface area contributed by atoms with Crippen LogP contribution in [0.2, 0.25) is 0 Å². The summed E-state index contributed by atoms with van der Waals surface area (Å²) in [5.41, 5.74) is 1.13. The Bertz CT molecular complexity index is 730. The van der Waals surface area contributed by atoms with E-state index in [2.05, 4.69) is 15.3 Å². The first-order valence-electron chi connectivity index (χ1n) is 11.6. The van der Waals surface area contributed by atoms with Crippen LogP contribution in [0.4, 0.5) is 0 Å². The Balaban J connectivity index is 1.42. The third-order valence-corrected chi connectivity index (χ3v) is 5.71. The number of aromatic nitrogens is 2. The summed E-state index contributed by atoms with van der Waals surface area (Å²) in [6, 6.07) is 7.92. The molecule has 1 aliphatic rings. The van der Waals surface area contributed by atoms with E-state index in [-0.39, 0.29) is 6.61 Å². The predicted octanol–water partition coefficient (Wildman–Crippen LogP) is 3.08. The summed E-state index contributed by atoms with van der Waals surface area (Å²) >= 11 is 0. The summed E-state index contributed by atoms with van der Waals surface area (Å²) in [4.78, 5) is 2.37. The van der Waals surface area contributed by atoms with Crippen LogP contribution < -0.4 is 14.8 Å². The van der Waals surface area contributed by atoms with Crippen LogP contribution in [0.15, 0.2) is 36.7 Å². The maximum Gasteiger partial charge on any atom is 0.161 e. The molecule has 1 aliphatic heterocycles. The van der Waals surface area contributed by atoms with Crippen LogP contribution in [0.5, 0.6) is 11.5 Å². The van der Waals surface area contributed by atoms with E-state index in [1.54, 1.807) is 13.3 Å². The van der Waals surface area contributed by atoms with Gasteiger partial charge < -0.3 is 24.8 Å². The van der Waals surface area contributed by atoms with Crippen molar-refractivity contribution in [2.45, 2.75) is 57.7 Å². The summed E-state index contributed by atoms with van der Waals surface area (Å²) < 4.78 is 13.4. The molecule has 2 N–H and O–H groups in total. The monoisotopic (exact) mass is 430 g/mol. The summed E-state index contributed by atoms with van der Waals surface area (Å²) in [6.07, 6.45) is 10.7. The average Bonchev–Trinajstić information content (AvgIpc) is 3.27.